The maximum Gasteiger partial charge on any atom is 0.119 e. The summed E-state index contributed by atoms with van der Waals surface area (Å²) < 4.78 is 12.1. The summed E-state index contributed by atoms with van der Waals surface area (Å²) in [5, 5.41) is 0. The van der Waals surface area contributed by atoms with Crippen LogP contribution in [0.1, 0.15) is 25.7 Å². The first-order chi connectivity index (χ1) is 9.84. The zero-order valence-corrected chi connectivity index (χ0v) is 13.6. The fraction of sp³-hybridized carbons (Fsp3) is 0.625. The van der Waals surface area contributed by atoms with Gasteiger partial charge in [0.1, 0.15) is 5.75 Å². The van der Waals surface area contributed by atoms with Crippen LogP contribution in [0, 0.1) is 0 Å². The molecule has 0 amide bonds. The molecule has 0 spiro atoms. The standard InChI is InChI=1S/C16H24BrNO2/c17-15-5-7-16(8-6-15)20-12-4-2-1-3-9-18-10-13-19-14-11-18/h5-8H,1-4,9-14H2. The second-order valence-electron chi connectivity index (χ2n) is 5.17. The number of hydrogen-bond acceptors (Lipinski definition) is 3. The van der Waals surface area contributed by atoms with E-state index in [1.54, 1.807) is 0 Å². The van der Waals surface area contributed by atoms with Gasteiger partial charge in [0.05, 0.1) is 19.8 Å². The Labute approximate surface area is 130 Å². The number of ether oxygens (including phenoxy) is 2. The van der Waals surface area contributed by atoms with Crippen molar-refractivity contribution in [1.82, 2.24) is 4.90 Å². The Balaban J connectivity index is 1.44. The lowest BCUT2D eigenvalue weighted by Crippen LogP contribution is -2.36. The molecule has 1 saturated heterocycles. The molecule has 1 aromatic rings. The fourth-order valence-electron chi connectivity index (χ4n) is 2.34. The first kappa shape index (κ1) is 15.8. The molecule has 0 saturated carbocycles. The number of nitrogens with zero attached hydrogens (tertiary/aromatic N) is 1. The molecule has 0 N–H and O–H groups in total. The van der Waals surface area contributed by atoms with Crippen molar-refractivity contribution in [2.75, 3.05) is 39.5 Å². The van der Waals surface area contributed by atoms with Crippen LogP contribution in [-0.2, 0) is 4.74 Å². The zero-order chi connectivity index (χ0) is 14.0. The molecule has 1 fully saturated rings. The minimum atomic E-state index is 0.819. The van der Waals surface area contributed by atoms with Crippen LogP contribution in [0.3, 0.4) is 0 Å². The summed E-state index contributed by atoms with van der Waals surface area (Å²) >= 11 is 3.42. The summed E-state index contributed by atoms with van der Waals surface area (Å²) in [5.41, 5.74) is 0. The zero-order valence-electron chi connectivity index (χ0n) is 12.0. The van der Waals surface area contributed by atoms with Crippen molar-refractivity contribution in [3.05, 3.63) is 28.7 Å². The van der Waals surface area contributed by atoms with Crippen molar-refractivity contribution in [3.8, 4) is 5.75 Å². The second-order valence-corrected chi connectivity index (χ2v) is 6.09. The Hall–Kier alpha value is -0.580. The van der Waals surface area contributed by atoms with Gasteiger partial charge in [-0.1, -0.05) is 28.8 Å². The third-order valence-corrected chi connectivity index (χ3v) is 4.08. The van der Waals surface area contributed by atoms with Gasteiger partial charge in [-0.15, -0.1) is 0 Å². The molecule has 4 heteroatoms. The highest BCUT2D eigenvalue weighted by Crippen LogP contribution is 2.16. The molecule has 1 aliphatic rings. The Kier molecular flexibility index (Phi) is 7.41. The lowest BCUT2D eigenvalue weighted by molar-refractivity contribution is 0.0371. The van der Waals surface area contributed by atoms with E-state index in [-0.39, 0.29) is 0 Å². The van der Waals surface area contributed by atoms with Crippen LogP contribution in [0.25, 0.3) is 0 Å². The van der Waals surface area contributed by atoms with E-state index >= 15 is 0 Å². The minimum absolute atomic E-state index is 0.819. The highest BCUT2D eigenvalue weighted by atomic mass is 79.9. The highest BCUT2D eigenvalue weighted by molar-refractivity contribution is 9.10. The molecule has 1 aromatic carbocycles. The maximum atomic E-state index is 5.71. The lowest BCUT2D eigenvalue weighted by atomic mass is 10.2. The van der Waals surface area contributed by atoms with Gasteiger partial charge >= 0.3 is 0 Å². The normalized spacial score (nSPS) is 16.2. The quantitative estimate of drug-likeness (QED) is 0.672. The topological polar surface area (TPSA) is 21.7 Å². The number of benzene rings is 1. The molecule has 2 rings (SSSR count). The van der Waals surface area contributed by atoms with Crippen molar-refractivity contribution in [1.29, 1.82) is 0 Å². The fourth-order valence-corrected chi connectivity index (χ4v) is 2.60. The molecule has 0 unspecified atom stereocenters. The molecule has 0 aromatic heterocycles. The van der Waals surface area contributed by atoms with Gasteiger partial charge in [0.15, 0.2) is 0 Å². The van der Waals surface area contributed by atoms with E-state index in [9.17, 15) is 0 Å². The summed E-state index contributed by atoms with van der Waals surface area (Å²) in [4.78, 5) is 2.50. The largest absolute Gasteiger partial charge is 0.494 e. The van der Waals surface area contributed by atoms with Gasteiger partial charge in [0, 0.05) is 17.6 Å². The number of halogens is 1. The molecule has 20 heavy (non-hydrogen) atoms. The lowest BCUT2D eigenvalue weighted by Gasteiger charge is -2.26. The van der Waals surface area contributed by atoms with Gasteiger partial charge in [-0.3, -0.25) is 4.90 Å². The average Bonchev–Trinajstić information content (AvgIpc) is 2.49. The smallest absolute Gasteiger partial charge is 0.119 e. The van der Waals surface area contributed by atoms with Gasteiger partial charge < -0.3 is 9.47 Å². The van der Waals surface area contributed by atoms with E-state index in [1.165, 1.54) is 25.8 Å². The molecule has 0 bridgehead atoms. The summed E-state index contributed by atoms with van der Waals surface area (Å²) in [5.74, 6) is 0.960. The first-order valence-electron chi connectivity index (χ1n) is 7.53. The molecule has 0 aliphatic carbocycles. The van der Waals surface area contributed by atoms with Crippen molar-refractivity contribution < 1.29 is 9.47 Å². The molecule has 0 radical (unpaired) electrons. The van der Waals surface area contributed by atoms with Crippen LogP contribution in [-0.4, -0.2) is 44.4 Å². The molecule has 3 nitrogen and oxygen atoms in total. The summed E-state index contributed by atoms with van der Waals surface area (Å²) in [6, 6.07) is 8.03. The van der Waals surface area contributed by atoms with Crippen LogP contribution in [0.4, 0.5) is 0 Å². The molecular formula is C16H24BrNO2. The van der Waals surface area contributed by atoms with Crippen LogP contribution in [0.15, 0.2) is 28.7 Å². The molecule has 0 atom stereocenters. The Morgan fingerprint density at radius 1 is 1.00 bits per heavy atom. The van der Waals surface area contributed by atoms with Crippen molar-refractivity contribution >= 4 is 15.9 Å². The van der Waals surface area contributed by atoms with E-state index in [0.717, 1.165) is 49.6 Å². The van der Waals surface area contributed by atoms with Crippen molar-refractivity contribution in [3.63, 3.8) is 0 Å². The van der Waals surface area contributed by atoms with Crippen molar-refractivity contribution in [2.24, 2.45) is 0 Å². The van der Waals surface area contributed by atoms with Gasteiger partial charge in [-0.05, 0) is 43.7 Å². The monoisotopic (exact) mass is 341 g/mol. The minimum Gasteiger partial charge on any atom is -0.494 e. The first-order valence-corrected chi connectivity index (χ1v) is 8.32. The number of morpholine rings is 1. The van der Waals surface area contributed by atoms with Crippen LogP contribution < -0.4 is 4.74 Å². The van der Waals surface area contributed by atoms with Crippen LogP contribution in [0.2, 0.25) is 0 Å². The number of hydrogen-bond donors (Lipinski definition) is 0. The second kappa shape index (κ2) is 9.37. The predicted octanol–water partition coefficient (Wildman–Crippen LogP) is 3.72. The summed E-state index contributed by atoms with van der Waals surface area (Å²) in [6.07, 6.45) is 4.97. The van der Waals surface area contributed by atoms with E-state index in [4.69, 9.17) is 9.47 Å². The van der Waals surface area contributed by atoms with Crippen LogP contribution in [0.5, 0.6) is 5.75 Å². The maximum absolute atomic E-state index is 5.71. The third kappa shape index (κ3) is 6.25. The van der Waals surface area contributed by atoms with E-state index in [0.29, 0.717) is 0 Å². The summed E-state index contributed by atoms with van der Waals surface area (Å²) in [6.45, 7) is 6.05. The Morgan fingerprint density at radius 3 is 2.45 bits per heavy atom. The number of unbranched alkanes of at least 4 members (excludes halogenated alkanes) is 3. The predicted molar refractivity (Wildman–Crippen MR) is 85.4 cm³/mol. The van der Waals surface area contributed by atoms with E-state index in [1.807, 2.05) is 24.3 Å². The van der Waals surface area contributed by atoms with Gasteiger partial charge in [-0.2, -0.15) is 0 Å². The highest BCUT2D eigenvalue weighted by Gasteiger charge is 2.08. The molecular weight excluding hydrogens is 318 g/mol. The SMILES string of the molecule is Brc1ccc(OCCCCCCN2CCOCC2)cc1. The Morgan fingerprint density at radius 2 is 1.70 bits per heavy atom. The van der Waals surface area contributed by atoms with E-state index in [2.05, 4.69) is 20.8 Å². The average molecular weight is 342 g/mol. The van der Waals surface area contributed by atoms with E-state index < -0.39 is 0 Å². The third-order valence-electron chi connectivity index (χ3n) is 3.55. The van der Waals surface area contributed by atoms with Crippen LogP contribution >= 0.6 is 15.9 Å². The Bertz CT molecular complexity index is 363. The molecule has 1 aliphatic heterocycles. The summed E-state index contributed by atoms with van der Waals surface area (Å²) in [7, 11) is 0. The number of rotatable bonds is 8. The molecule has 112 valence electrons. The van der Waals surface area contributed by atoms with Crippen molar-refractivity contribution in [2.45, 2.75) is 25.7 Å². The van der Waals surface area contributed by atoms with Gasteiger partial charge in [-0.25, -0.2) is 0 Å². The molecule has 1 heterocycles. The van der Waals surface area contributed by atoms with Gasteiger partial charge in [0.2, 0.25) is 0 Å². The van der Waals surface area contributed by atoms with Gasteiger partial charge in [0.25, 0.3) is 0 Å².